The zero-order chi connectivity index (χ0) is 15.6. The van der Waals surface area contributed by atoms with Crippen LogP contribution in [0.15, 0.2) is 30.3 Å². The lowest BCUT2D eigenvalue weighted by Crippen LogP contribution is -2.45. The van der Waals surface area contributed by atoms with Crippen LogP contribution in [0.2, 0.25) is 0 Å². The minimum atomic E-state index is 0.687. The molecule has 3 heteroatoms. The molecule has 4 rings (SSSR count). The highest BCUT2D eigenvalue weighted by Crippen LogP contribution is 2.40. The van der Waals surface area contributed by atoms with Crippen molar-refractivity contribution in [3.05, 3.63) is 35.9 Å². The van der Waals surface area contributed by atoms with Crippen LogP contribution in [-0.2, 0) is 6.54 Å². The van der Waals surface area contributed by atoms with E-state index in [0.717, 1.165) is 36.9 Å². The van der Waals surface area contributed by atoms with E-state index in [1.54, 1.807) is 0 Å². The Bertz CT molecular complexity index is 503. The van der Waals surface area contributed by atoms with Crippen molar-refractivity contribution >= 4 is 0 Å². The van der Waals surface area contributed by atoms with Crippen LogP contribution < -0.4 is 11.1 Å². The number of benzene rings is 1. The summed E-state index contributed by atoms with van der Waals surface area (Å²) in [5, 5.41) is 4.03. The number of nitrogens with one attached hydrogen (secondary N) is 1. The smallest absolute Gasteiger partial charge is 0.0233 e. The number of hydrogen-bond donors (Lipinski definition) is 2. The Morgan fingerprint density at radius 2 is 1.87 bits per heavy atom. The maximum Gasteiger partial charge on any atom is 0.0233 e. The predicted octanol–water partition coefficient (Wildman–Crippen LogP) is 2.61. The van der Waals surface area contributed by atoms with Crippen molar-refractivity contribution < 1.29 is 0 Å². The predicted molar refractivity (Wildman–Crippen MR) is 95.0 cm³/mol. The second-order valence-electron chi connectivity index (χ2n) is 7.99. The monoisotopic (exact) mass is 313 g/mol. The molecule has 3 aliphatic rings. The molecule has 1 saturated heterocycles. The normalized spacial score (nSPS) is 37.3. The molecule has 5 atom stereocenters. The molecule has 1 aromatic rings. The van der Waals surface area contributed by atoms with Gasteiger partial charge in [0, 0.05) is 31.7 Å². The number of likely N-dealkylation sites (tertiary alicyclic amines) is 1. The average molecular weight is 313 g/mol. The summed E-state index contributed by atoms with van der Waals surface area (Å²) in [7, 11) is 0. The number of nitrogens with zero attached hydrogens (tertiary/aromatic N) is 1. The van der Waals surface area contributed by atoms with Crippen LogP contribution in [0, 0.1) is 17.8 Å². The molecule has 5 unspecified atom stereocenters. The standard InChI is InChI=1S/C20H31N3/c21-11-16-7-4-8-19(16)22-20-10-9-17-13-23(14-18(17)20)12-15-5-2-1-3-6-15/h1-3,5-6,16-20,22H,4,7-14,21H2. The van der Waals surface area contributed by atoms with E-state index in [1.165, 1.54) is 50.8 Å². The SMILES string of the molecule is NCC1CCCC1NC1CCC2CN(Cc3ccccc3)CC21. The van der Waals surface area contributed by atoms with Crippen LogP contribution in [0.4, 0.5) is 0 Å². The van der Waals surface area contributed by atoms with Crippen molar-refractivity contribution in [2.45, 2.75) is 50.7 Å². The third kappa shape index (κ3) is 3.33. The fraction of sp³-hybridized carbons (Fsp3) is 0.700. The van der Waals surface area contributed by atoms with Crippen molar-refractivity contribution in [1.29, 1.82) is 0 Å². The molecule has 0 aromatic heterocycles. The first-order chi connectivity index (χ1) is 11.3. The van der Waals surface area contributed by atoms with Gasteiger partial charge in [0.1, 0.15) is 0 Å². The lowest BCUT2D eigenvalue weighted by Gasteiger charge is -2.28. The quantitative estimate of drug-likeness (QED) is 0.878. The molecule has 0 bridgehead atoms. The van der Waals surface area contributed by atoms with Gasteiger partial charge in [0.05, 0.1) is 0 Å². The van der Waals surface area contributed by atoms with Crippen LogP contribution in [0.1, 0.15) is 37.7 Å². The van der Waals surface area contributed by atoms with Crippen molar-refractivity contribution in [3.63, 3.8) is 0 Å². The summed E-state index contributed by atoms with van der Waals surface area (Å²) < 4.78 is 0. The highest BCUT2D eigenvalue weighted by atomic mass is 15.2. The van der Waals surface area contributed by atoms with Gasteiger partial charge in [-0.1, -0.05) is 36.8 Å². The first-order valence-corrected chi connectivity index (χ1v) is 9.56. The van der Waals surface area contributed by atoms with Gasteiger partial charge in [-0.05, 0) is 55.5 Å². The molecule has 3 fully saturated rings. The summed E-state index contributed by atoms with van der Waals surface area (Å²) in [4.78, 5) is 2.67. The van der Waals surface area contributed by atoms with Crippen LogP contribution in [-0.4, -0.2) is 36.6 Å². The molecule has 0 amide bonds. The lowest BCUT2D eigenvalue weighted by molar-refractivity contribution is 0.270. The van der Waals surface area contributed by atoms with Crippen molar-refractivity contribution in [2.24, 2.45) is 23.5 Å². The Balaban J connectivity index is 1.34. The second kappa shape index (κ2) is 6.92. The lowest BCUT2D eigenvalue weighted by atomic mass is 9.95. The zero-order valence-electron chi connectivity index (χ0n) is 14.2. The highest BCUT2D eigenvalue weighted by Gasteiger charge is 2.43. The van der Waals surface area contributed by atoms with Crippen LogP contribution in [0.5, 0.6) is 0 Å². The maximum absolute atomic E-state index is 5.97. The van der Waals surface area contributed by atoms with E-state index in [4.69, 9.17) is 5.73 Å². The van der Waals surface area contributed by atoms with Gasteiger partial charge in [0.15, 0.2) is 0 Å². The Morgan fingerprint density at radius 3 is 2.70 bits per heavy atom. The van der Waals surface area contributed by atoms with E-state index >= 15 is 0 Å². The molecule has 2 saturated carbocycles. The summed E-state index contributed by atoms with van der Waals surface area (Å²) in [6.45, 7) is 4.55. The van der Waals surface area contributed by atoms with Gasteiger partial charge in [-0.15, -0.1) is 0 Å². The second-order valence-corrected chi connectivity index (χ2v) is 7.99. The summed E-state index contributed by atoms with van der Waals surface area (Å²) in [5.41, 5.74) is 7.42. The van der Waals surface area contributed by atoms with Crippen LogP contribution >= 0.6 is 0 Å². The topological polar surface area (TPSA) is 41.3 Å². The Kier molecular flexibility index (Phi) is 4.70. The summed E-state index contributed by atoms with van der Waals surface area (Å²) in [5.74, 6) is 2.49. The minimum Gasteiger partial charge on any atom is -0.330 e. The van der Waals surface area contributed by atoms with Crippen LogP contribution in [0.25, 0.3) is 0 Å². The molecule has 1 aromatic carbocycles. The minimum absolute atomic E-state index is 0.687. The van der Waals surface area contributed by atoms with E-state index in [0.29, 0.717) is 6.04 Å². The molecule has 3 N–H and O–H groups in total. The van der Waals surface area contributed by atoms with Gasteiger partial charge in [0.2, 0.25) is 0 Å². The van der Waals surface area contributed by atoms with Crippen molar-refractivity contribution in [1.82, 2.24) is 10.2 Å². The average Bonchev–Trinajstić information content (AvgIpc) is 3.26. The van der Waals surface area contributed by atoms with Crippen molar-refractivity contribution in [3.8, 4) is 0 Å². The number of hydrogen-bond acceptors (Lipinski definition) is 3. The molecule has 1 aliphatic heterocycles. The first-order valence-electron chi connectivity index (χ1n) is 9.56. The van der Waals surface area contributed by atoms with E-state index in [9.17, 15) is 0 Å². The molecular weight excluding hydrogens is 282 g/mol. The van der Waals surface area contributed by atoms with Gasteiger partial charge < -0.3 is 11.1 Å². The van der Waals surface area contributed by atoms with Gasteiger partial charge in [-0.3, -0.25) is 4.90 Å². The fourth-order valence-electron chi connectivity index (χ4n) is 5.35. The van der Waals surface area contributed by atoms with E-state index in [2.05, 4.69) is 40.5 Å². The third-order valence-electron chi connectivity index (χ3n) is 6.57. The number of fused-ring (bicyclic) bond motifs is 1. The highest BCUT2D eigenvalue weighted by molar-refractivity contribution is 5.15. The molecular formula is C20H31N3. The van der Waals surface area contributed by atoms with Gasteiger partial charge >= 0.3 is 0 Å². The molecule has 0 radical (unpaired) electrons. The Hall–Kier alpha value is -0.900. The number of nitrogens with two attached hydrogens (primary N) is 1. The third-order valence-corrected chi connectivity index (χ3v) is 6.57. The summed E-state index contributed by atoms with van der Waals surface area (Å²) in [6, 6.07) is 12.4. The van der Waals surface area contributed by atoms with Gasteiger partial charge in [-0.25, -0.2) is 0 Å². The molecule has 0 spiro atoms. The summed E-state index contributed by atoms with van der Waals surface area (Å²) in [6.07, 6.45) is 6.81. The molecule has 1 heterocycles. The number of rotatable bonds is 5. The van der Waals surface area contributed by atoms with Crippen LogP contribution in [0.3, 0.4) is 0 Å². The fourth-order valence-corrected chi connectivity index (χ4v) is 5.35. The van der Waals surface area contributed by atoms with E-state index in [1.807, 2.05) is 0 Å². The molecule has 23 heavy (non-hydrogen) atoms. The Morgan fingerprint density at radius 1 is 1.00 bits per heavy atom. The molecule has 126 valence electrons. The van der Waals surface area contributed by atoms with E-state index < -0.39 is 0 Å². The van der Waals surface area contributed by atoms with Gasteiger partial charge in [0.25, 0.3) is 0 Å². The first kappa shape index (κ1) is 15.6. The molecule has 3 nitrogen and oxygen atoms in total. The van der Waals surface area contributed by atoms with Gasteiger partial charge in [-0.2, -0.15) is 0 Å². The molecule has 2 aliphatic carbocycles. The van der Waals surface area contributed by atoms with E-state index in [-0.39, 0.29) is 0 Å². The Labute approximate surface area is 140 Å². The largest absolute Gasteiger partial charge is 0.330 e. The van der Waals surface area contributed by atoms with Crippen molar-refractivity contribution in [2.75, 3.05) is 19.6 Å². The zero-order valence-corrected chi connectivity index (χ0v) is 14.2. The summed E-state index contributed by atoms with van der Waals surface area (Å²) >= 11 is 0. The maximum atomic E-state index is 5.97.